The fraction of sp³-hybridized carbons (Fsp3) is 0.429. The Bertz CT molecular complexity index is 587. The minimum atomic E-state index is 0.121. The molecule has 0 aliphatic carbocycles. The Labute approximate surface area is 116 Å². The molecule has 0 saturated carbocycles. The van der Waals surface area contributed by atoms with E-state index in [1.165, 1.54) is 4.88 Å². The smallest absolute Gasteiger partial charge is 0.225 e. The van der Waals surface area contributed by atoms with Crippen molar-refractivity contribution in [2.75, 3.05) is 0 Å². The van der Waals surface area contributed by atoms with E-state index in [2.05, 4.69) is 27.9 Å². The number of imidazole rings is 1. The number of rotatable bonds is 3. The molecule has 1 atom stereocenters. The average Bonchev–Trinajstić information content (AvgIpc) is 2.97. The molecule has 19 heavy (non-hydrogen) atoms. The molecule has 2 aromatic rings. The van der Waals surface area contributed by atoms with Crippen LogP contribution in [0.2, 0.25) is 0 Å². The summed E-state index contributed by atoms with van der Waals surface area (Å²) in [5, 5.41) is 3.13. The highest BCUT2D eigenvalue weighted by Gasteiger charge is 2.20. The van der Waals surface area contributed by atoms with E-state index in [1.807, 2.05) is 18.5 Å². The highest BCUT2D eigenvalue weighted by Crippen LogP contribution is 2.16. The van der Waals surface area contributed by atoms with E-state index in [4.69, 9.17) is 0 Å². The Morgan fingerprint density at radius 2 is 2.47 bits per heavy atom. The average molecular weight is 275 g/mol. The molecule has 3 rings (SSSR count). The first kappa shape index (κ1) is 12.4. The van der Waals surface area contributed by atoms with Gasteiger partial charge in [-0.2, -0.15) is 0 Å². The van der Waals surface area contributed by atoms with Crippen LogP contribution < -0.4 is 5.32 Å². The Kier molecular flexibility index (Phi) is 3.38. The first-order chi connectivity index (χ1) is 9.20. The first-order valence-corrected chi connectivity index (χ1v) is 7.37. The molecule has 0 saturated heterocycles. The molecule has 0 fully saturated rings. The van der Waals surface area contributed by atoms with Crippen molar-refractivity contribution in [1.29, 1.82) is 0 Å². The van der Waals surface area contributed by atoms with Crippen LogP contribution in [0.5, 0.6) is 0 Å². The van der Waals surface area contributed by atoms with Crippen molar-refractivity contribution in [1.82, 2.24) is 14.9 Å². The number of nitrogens with zero attached hydrogens (tertiary/aromatic N) is 2. The van der Waals surface area contributed by atoms with Crippen molar-refractivity contribution >= 4 is 17.2 Å². The van der Waals surface area contributed by atoms with Crippen LogP contribution >= 0.6 is 11.3 Å². The molecule has 0 aromatic carbocycles. The van der Waals surface area contributed by atoms with E-state index in [0.29, 0.717) is 6.42 Å². The second-order valence-electron chi connectivity index (χ2n) is 4.99. The van der Waals surface area contributed by atoms with Crippen LogP contribution in [0, 0.1) is 6.92 Å². The number of thiophene rings is 1. The number of hydrogen-bond acceptors (Lipinski definition) is 3. The monoisotopic (exact) mass is 275 g/mol. The third kappa shape index (κ3) is 2.87. The van der Waals surface area contributed by atoms with Crippen molar-refractivity contribution < 1.29 is 4.79 Å². The highest BCUT2D eigenvalue weighted by molar-refractivity contribution is 7.12. The molecule has 1 aliphatic rings. The van der Waals surface area contributed by atoms with Crippen molar-refractivity contribution in [2.24, 2.45) is 0 Å². The second kappa shape index (κ2) is 5.17. The maximum Gasteiger partial charge on any atom is 0.225 e. The Balaban J connectivity index is 1.56. The summed E-state index contributed by atoms with van der Waals surface area (Å²) in [5.74, 6) is 1.25. The lowest BCUT2D eigenvalue weighted by atomic mass is 10.1. The topological polar surface area (TPSA) is 46.9 Å². The maximum absolute atomic E-state index is 12.0. The van der Waals surface area contributed by atoms with Crippen molar-refractivity contribution in [3.63, 3.8) is 0 Å². The van der Waals surface area contributed by atoms with Gasteiger partial charge < -0.3 is 9.88 Å². The lowest BCUT2D eigenvalue weighted by Crippen LogP contribution is -2.41. The fourth-order valence-electron chi connectivity index (χ4n) is 2.50. The molecule has 0 spiro atoms. The van der Waals surface area contributed by atoms with Crippen LogP contribution in [0.3, 0.4) is 0 Å². The minimum absolute atomic E-state index is 0.121. The second-order valence-corrected chi connectivity index (χ2v) is 6.36. The molecule has 100 valence electrons. The molecule has 1 aliphatic heterocycles. The predicted octanol–water partition coefficient (Wildman–Crippen LogP) is 1.93. The lowest BCUT2D eigenvalue weighted by molar-refractivity contribution is -0.121. The van der Waals surface area contributed by atoms with E-state index in [1.54, 1.807) is 11.3 Å². The van der Waals surface area contributed by atoms with Gasteiger partial charge in [0.25, 0.3) is 0 Å². The van der Waals surface area contributed by atoms with Gasteiger partial charge in [-0.05, 0) is 25.5 Å². The number of nitrogens with one attached hydrogen (secondary N) is 1. The van der Waals surface area contributed by atoms with Crippen molar-refractivity contribution in [3.8, 4) is 0 Å². The minimum Gasteiger partial charge on any atom is -0.351 e. The van der Waals surface area contributed by atoms with E-state index < -0.39 is 0 Å². The first-order valence-electron chi connectivity index (χ1n) is 6.55. The molecule has 1 unspecified atom stereocenters. The summed E-state index contributed by atoms with van der Waals surface area (Å²) in [6.45, 7) is 2.90. The molecule has 0 radical (unpaired) electrons. The molecule has 1 amide bonds. The third-order valence-electron chi connectivity index (χ3n) is 3.43. The van der Waals surface area contributed by atoms with E-state index in [0.717, 1.165) is 30.1 Å². The van der Waals surface area contributed by atoms with Gasteiger partial charge in [0.05, 0.1) is 6.42 Å². The molecule has 5 heteroatoms. The number of hydrogen-bond donors (Lipinski definition) is 1. The van der Waals surface area contributed by atoms with Gasteiger partial charge in [-0.3, -0.25) is 4.79 Å². The van der Waals surface area contributed by atoms with Crippen molar-refractivity contribution in [3.05, 3.63) is 40.1 Å². The third-order valence-corrected chi connectivity index (χ3v) is 4.43. The quantitative estimate of drug-likeness (QED) is 0.930. The van der Waals surface area contributed by atoms with Crippen LogP contribution in [0.4, 0.5) is 0 Å². The Morgan fingerprint density at radius 1 is 1.58 bits per heavy atom. The molecule has 0 bridgehead atoms. The number of carbonyl (C=O) groups is 1. The number of fused-ring (bicyclic) bond motifs is 1. The van der Waals surface area contributed by atoms with Gasteiger partial charge in [0, 0.05) is 41.2 Å². The number of aromatic nitrogens is 2. The molecule has 4 nitrogen and oxygen atoms in total. The van der Waals surface area contributed by atoms with Gasteiger partial charge in [0.15, 0.2) is 0 Å². The largest absolute Gasteiger partial charge is 0.351 e. The van der Waals surface area contributed by atoms with Crippen molar-refractivity contribution in [2.45, 2.75) is 38.8 Å². The molecular formula is C14H17N3OS. The zero-order valence-electron chi connectivity index (χ0n) is 10.9. The van der Waals surface area contributed by atoms with Gasteiger partial charge in [0.2, 0.25) is 5.91 Å². The summed E-state index contributed by atoms with van der Waals surface area (Å²) in [6.07, 6.45) is 6.22. The normalized spacial score (nSPS) is 18.1. The van der Waals surface area contributed by atoms with E-state index in [-0.39, 0.29) is 11.9 Å². The van der Waals surface area contributed by atoms with Gasteiger partial charge in [-0.1, -0.05) is 0 Å². The number of aryl methyl sites for hydroxylation is 2. The van der Waals surface area contributed by atoms with Gasteiger partial charge in [-0.25, -0.2) is 4.98 Å². The number of amides is 1. The Morgan fingerprint density at radius 3 is 3.26 bits per heavy atom. The van der Waals surface area contributed by atoms with Crippen LogP contribution in [-0.4, -0.2) is 21.5 Å². The SMILES string of the molecule is Cc1ccc(CC(=O)NC2CCc3nccn3C2)s1. The maximum atomic E-state index is 12.0. The van der Waals surface area contributed by atoms with Gasteiger partial charge >= 0.3 is 0 Å². The number of carbonyl (C=O) groups excluding carboxylic acids is 1. The zero-order chi connectivity index (χ0) is 13.2. The predicted molar refractivity (Wildman–Crippen MR) is 75.2 cm³/mol. The molecule has 3 heterocycles. The fourth-order valence-corrected chi connectivity index (χ4v) is 3.39. The van der Waals surface area contributed by atoms with Crippen LogP contribution in [0.25, 0.3) is 0 Å². The van der Waals surface area contributed by atoms with Crippen LogP contribution in [0.15, 0.2) is 24.5 Å². The van der Waals surface area contributed by atoms with Crippen LogP contribution in [-0.2, 0) is 24.2 Å². The molecule has 1 N–H and O–H groups in total. The van der Waals surface area contributed by atoms with Gasteiger partial charge in [0.1, 0.15) is 5.82 Å². The summed E-state index contributed by atoms with van der Waals surface area (Å²) in [4.78, 5) is 18.7. The summed E-state index contributed by atoms with van der Waals surface area (Å²) in [5.41, 5.74) is 0. The highest BCUT2D eigenvalue weighted by atomic mass is 32.1. The standard InChI is InChI=1S/C14H17N3OS/c1-10-2-4-12(19-10)8-14(18)16-11-3-5-13-15-6-7-17(13)9-11/h2,4,6-7,11H,3,5,8-9H2,1H3,(H,16,18). The summed E-state index contributed by atoms with van der Waals surface area (Å²) >= 11 is 1.69. The van der Waals surface area contributed by atoms with E-state index in [9.17, 15) is 4.79 Å². The molecule has 2 aromatic heterocycles. The summed E-state index contributed by atoms with van der Waals surface area (Å²) in [7, 11) is 0. The zero-order valence-corrected chi connectivity index (χ0v) is 11.7. The Hall–Kier alpha value is -1.62. The van der Waals surface area contributed by atoms with E-state index >= 15 is 0 Å². The summed E-state index contributed by atoms with van der Waals surface area (Å²) in [6, 6.07) is 4.33. The van der Waals surface area contributed by atoms with Gasteiger partial charge in [-0.15, -0.1) is 11.3 Å². The molecular weight excluding hydrogens is 258 g/mol. The lowest BCUT2D eigenvalue weighted by Gasteiger charge is -2.24. The van der Waals surface area contributed by atoms with Crippen LogP contribution in [0.1, 0.15) is 22.0 Å². The summed E-state index contributed by atoms with van der Waals surface area (Å²) < 4.78 is 2.13.